The molecule has 192 valence electrons. The zero-order chi connectivity index (χ0) is 26.1. The minimum Gasteiger partial charge on any atom is -0.387 e. The fourth-order valence-electron chi connectivity index (χ4n) is 2.73. The predicted molar refractivity (Wildman–Crippen MR) is 105 cm³/mol. The third kappa shape index (κ3) is 6.90. The van der Waals surface area contributed by atoms with Gasteiger partial charge in [0.15, 0.2) is 12.4 Å². The lowest BCUT2D eigenvalue weighted by molar-refractivity contribution is -0.120. The van der Waals surface area contributed by atoms with Crippen LogP contribution in [0.15, 0.2) is 16.1 Å². The van der Waals surface area contributed by atoms with Gasteiger partial charge < -0.3 is 35.2 Å². The molecule has 0 bridgehead atoms. The van der Waals surface area contributed by atoms with Crippen molar-refractivity contribution in [2.45, 2.75) is 31.0 Å². The Morgan fingerprint density at radius 3 is 2.50 bits per heavy atom. The lowest BCUT2D eigenvalue weighted by atomic mass is 9.97. The summed E-state index contributed by atoms with van der Waals surface area (Å²) in [5, 5.41) is 13.5. The average Bonchev–Trinajstić information content (AvgIpc) is 2.90. The number of hydrogen-bond acceptors (Lipinski definition) is 12. The van der Waals surface area contributed by atoms with E-state index in [2.05, 4.69) is 28.2 Å². The van der Waals surface area contributed by atoms with Crippen LogP contribution in [0.4, 0.5) is 10.2 Å². The van der Waals surface area contributed by atoms with E-state index in [1.807, 2.05) is 0 Å². The molecule has 0 aromatic carbocycles. The first kappa shape index (κ1) is 28.5. The highest BCUT2D eigenvalue weighted by atomic mass is 31.3. The Morgan fingerprint density at radius 2 is 1.94 bits per heavy atom. The van der Waals surface area contributed by atoms with Crippen LogP contribution < -0.4 is 11.4 Å². The van der Waals surface area contributed by atoms with Crippen molar-refractivity contribution in [2.75, 3.05) is 18.9 Å². The second-order valence-corrected chi connectivity index (χ2v) is 11.1. The summed E-state index contributed by atoms with van der Waals surface area (Å²) in [6, 6.07) is 0. The second kappa shape index (κ2) is 10.1. The number of aromatic nitrogens is 2. The van der Waals surface area contributed by atoms with Crippen LogP contribution in [-0.4, -0.2) is 65.3 Å². The minimum absolute atomic E-state index is 0.178. The number of halogens is 1. The Bertz CT molecular complexity index is 1190. The van der Waals surface area contributed by atoms with E-state index in [4.69, 9.17) is 25.8 Å². The van der Waals surface area contributed by atoms with Crippen LogP contribution in [-0.2, 0) is 31.6 Å². The third-order valence-electron chi connectivity index (χ3n) is 4.21. The molecule has 1 aromatic heterocycles. The normalized spacial score (nSPS) is 28.6. The number of aryl methyl sites for hydroxylation is 1. The molecule has 6 atom stereocenters. The van der Waals surface area contributed by atoms with E-state index in [9.17, 15) is 37.8 Å². The van der Waals surface area contributed by atoms with E-state index >= 15 is 0 Å². The quantitative estimate of drug-likeness (QED) is 0.0940. The van der Waals surface area contributed by atoms with Crippen LogP contribution in [0.25, 0.3) is 10.4 Å². The van der Waals surface area contributed by atoms with Crippen molar-refractivity contribution < 1.29 is 60.6 Å². The molecule has 2 rings (SSSR count). The molecular formula is C11H18FN6O13P3. The Labute approximate surface area is 188 Å². The molecule has 34 heavy (non-hydrogen) atoms. The van der Waals surface area contributed by atoms with Gasteiger partial charge in [-0.25, -0.2) is 22.9 Å². The van der Waals surface area contributed by atoms with Gasteiger partial charge >= 0.3 is 29.2 Å². The van der Waals surface area contributed by atoms with Crippen LogP contribution in [0.2, 0.25) is 0 Å². The van der Waals surface area contributed by atoms with Gasteiger partial charge in [-0.2, -0.15) is 13.6 Å². The molecule has 7 N–H and O–H groups in total. The van der Waals surface area contributed by atoms with Gasteiger partial charge in [-0.05, 0) is 12.5 Å². The number of anilines is 1. The second-order valence-electron chi connectivity index (χ2n) is 6.71. The summed E-state index contributed by atoms with van der Waals surface area (Å²) in [5.41, 5.74) is 10.7. The van der Waals surface area contributed by atoms with E-state index in [1.165, 1.54) is 6.92 Å². The van der Waals surface area contributed by atoms with Crippen LogP contribution in [0, 0.1) is 6.92 Å². The zero-order valence-corrected chi connectivity index (χ0v) is 19.4. The first-order valence-electron chi connectivity index (χ1n) is 8.56. The topological polar surface area (TPSA) is 299 Å². The number of phosphoric ester groups is 1. The number of rotatable bonds is 10. The van der Waals surface area contributed by atoms with Crippen LogP contribution in [0.1, 0.15) is 11.8 Å². The summed E-state index contributed by atoms with van der Waals surface area (Å²) in [5.74, 6) is -0.178. The molecule has 0 aliphatic carbocycles. The number of aliphatic hydroxyl groups is 1. The molecule has 0 spiro atoms. The molecule has 1 aliphatic rings. The van der Waals surface area contributed by atoms with Crippen molar-refractivity contribution in [3.63, 3.8) is 0 Å². The monoisotopic (exact) mass is 554 g/mol. The van der Waals surface area contributed by atoms with Crippen molar-refractivity contribution in [3.8, 4) is 0 Å². The van der Waals surface area contributed by atoms with Gasteiger partial charge in [-0.15, -0.1) is 0 Å². The largest absolute Gasteiger partial charge is 0.490 e. The number of ether oxygens (including phenoxy) is 1. The summed E-state index contributed by atoms with van der Waals surface area (Å²) in [4.78, 5) is 53.9. The summed E-state index contributed by atoms with van der Waals surface area (Å²) < 4.78 is 66.5. The molecule has 1 aromatic rings. The third-order valence-corrected chi connectivity index (χ3v) is 7.99. The lowest BCUT2D eigenvalue weighted by Gasteiger charge is -2.30. The van der Waals surface area contributed by atoms with Crippen molar-refractivity contribution in [1.82, 2.24) is 9.55 Å². The van der Waals surface area contributed by atoms with E-state index < -0.39 is 66.4 Å². The standard InChI is InChI=1S/C11H18FN6O13P3/c1-5-2-18(10(20)16-8(5)13)9-6(12)7(19)11(29-9,3-15-17-14)4-28-33(24,25)31-34(26,27)30-32(21,22)23/h2,6-7,9,19H,3-4H2,1H3,(H,24,25)(H,26,27)(H2,13,16,20)(H2,21,22,23)/t6-,7+,9?,11-/m1/s1. The molecule has 3 unspecified atom stereocenters. The number of azide groups is 1. The van der Waals surface area contributed by atoms with E-state index in [1.54, 1.807) is 0 Å². The first-order valence-corrected chi connectivity index (χ1v) is 13.1. The van der Waals surface area contributed by atoms with Gasteiger partial charge in [0.05, 0.1) is 13.2 Å². The van der Waals surface area contributed by atoms with Crippen molar-refractivity contribution >= 4 is 29.3 Å². The van der Waals surface area contributed by atoms with Gasteiger partial charge in [0.2, 0.25) is 0 Å². The van der Waals surface area contributed by atoms with Gasteiger partial charge in [0.25, 0.3) is 0 Å². The predicted octanol–water partition coefficient (Wildman–Crippen LogP) is -0.246. The molecule has 1 fully saturated rings. The van der Waals surface area contributed by atoms with Crippen molar-refractivity contribution in [2.24, 2.45) is 5.11 Å². The number of nitrogen functional groups attached to an aromatic ring is 1. The Kier molecular flexibility index (Phi) is 8.45. The van der Waals surface area contributed by atoms with Gasteiger partial charge in [0.1, 0.15) is 17.5 Å². The molecule has 0 amide bonds. The number of hydrogen-bond donors (Lipinski definition) is 6. The Hall–Kier alpha value is -1.75. The molecule has 1 saturated heterocycles. The first-order chi connectivity index (χ1) is 15.4. The zero-order valence-electron chi connectivity index (χ0n) is 16.8. The fraction of sp³-hybridized carbons (Fsp3) is 0.636. The maximum absolute atomic E-state index is 14.9. The summed E-state index contributed by atoms with van der Waals surface area (Å²) in [6.07, 6.45) is -5.59. The number of nitrogens with zero attached hydrogens (tertiary/aromatic N) is 5. The van der Waals surface area contributed by atoms with Gasteiger partial charge in [-0.1, -0.05) is 5.11 Å². The maximum Gasteiger partial charge on any atom is 0.490 e. The Balaban J connectivity index is 2.34. The van der Waals surface area contributed by atoms with Crippen molar-refractivity contribution in [1.29, 1.82) is 0 Å². The lowest BCUT2D eigenvalue weighted by Crippen LogP contribution is -2.48. The van der Waals surface area contributed by atoms with E-state index in [-0.39, 0.29) is 11.4 Å². The highest BCUT2D eigenvalue weighted by Gasteiger charge is 2.57. The smallest absolute Gasteiger partial charge is 0.387 e. The Morgan fingerprint density at radius 1 is 1.32 bits per heavy atom. The number of phosphoric acid groups is 3. The van der Waals surface area contributed by atoms with E-state index in [0.717, 1.165) is 6.20 Å². The van der Waals surface area contributed by atoms with Gasteiger partial charge in [-0.3, -0.25) is 9.09 Å². The summed E-state index contributed by atoms with van der Waals surface area (Å²) in [6.45, 7) is -0.892. The average molecular weight is 554 g/mol. The SMILES string of the molecule is Cc1cn(C2O[C@](CN=[N+]=[N-])(COP(=O)(O)OP(=O)(O)OP(=O)(O)O)[C@@H](O)[C@H]2F)c(=O)nc1N. The minimum atomic E-state index is -5.87. The molecule has 2 heterocycles. The molecule has 23 heteroatoms. The number of nitrogens with two attached hydrogens (primary N) is 1. The van der Waals surface area contributed by atoms with Gasteiger partial charge in [0, 0.05) is 16.7 Å². The number of aliphatic hydroxyl groups excluding tert-OH is 1. The van der Waals surface area contributed by atoms with Crippen LogP contribution >= 0.6 is 23.5 Å². The highest BCUT2D eigenvalue weighted by Crippen LogP contribution is 2.66. The summed E-state index contributed by atoms with van der Waals surface area (Å²) >= 11 is 0. The molecular weight excluding hydrogens is 536 g/mol. The van der Waals surface area contributed by atoms with Crippen LogP contribution in [0.3, 0.4) is 0 Å². The fourth-order valence-corrected chi connectivity index (χ4v) is 5.81. The van der Waals surface area contributed by atoms with Crippen molar-refractivity contribution in [3.05, 3.63) is 32.7 Å². The number of alkyl halides is 1. The molecule has 0 saturated carbocycles. The maximum atomic E-state index is 14.9. The van der Waals surface area contributed by atoms with E-state index in [0.29, 0.717) is 4.57 Å². The molecule has 0 radical (unpaired) electrons. The van der Waals surface area contributed by atoms with Crippen LogP contribution in [0.5, 0.6) is 0 Å². The summed E-state index contributed by atoms with van der Waals surface area (Å²) in [7, 11) is -17.2. The molecule has 19 nitrogen and oxygen atoms in total. The molecule has 1 aliphatic heterocycles. The highest BCUT2D eigenvalue weighted by molar-refractivity contribution is 7.66.